The van der Waals surface area contributed by atoms with Crippen LogP contribution in [0.5, 0.6) is 0 Å². The summed E-state index contributed by atoms with van der Waals surface area (Å²) in [7, 11) is 0. The molecule has 0 aliphatic heterocycles. The Morgan fingerprint density at radius 2 is 1.65 bits per heavy atom. The Morgan fingerprint density at radius 1 is 1.04 bits per heavy atom. The van der Waals surface area contributed by atoms with E-state index in [1.54, 1.807) is 0 Å². The Morgan fingerprint density at radius 3 is 2.26 bits per heavy atom. The Hall–Kier alpha value is -3.41. The molecule has 0 saturated heterocycles. The normalized spacial score (nSPS) is 10.8. The highest BCUT2D eigenvalue weighted by molar-refractivity contribution is 6.22. The minimum absolute atomic E-state index is 0.125. The molecule has 0 aliphatic rings. The lowest BCUT2D eigenvalue weighted by atomic mass is 10.1. The number of rotatable bonds is 5. The first-order valence-electron chi connectivity index (χ1n) is 6.88. The van der Waals surface area contributed by atoms with Gasteiger partial charge in [0.05, 0.1) is 0 Å². The zero-order valence-corrected chi connectivity index (χ0v) is 12.0. The van der Waals surface area contributed by atoms with Crippen LogP contribution < -0.4 is 5.43 Å². The van der Waals surface area contributed by atoms with Gasteiger partial charge in [0.25, 0.3) is 0 Å². The number of hydrogen-bond donors (Lipinski definition) is 2. The van der Waals surface area contributed by atoms with Crippen molar-refractivity contribution in [3.8, 4) is 22.6 Å². The minimum atomic E-state index is -1.16. The third-order valence-electron chi connectivity index (χ3n) is 3.05. The molecule has 114 valence electrons. The Balaban J connectivity index is 2.02. The molecular weight excluding hydrogens is 294 g/mol. The lowest BCUT2D eigenvalue weighted by molar-refractivity contribution is -0.128. The van der Waals surface area contributed by atoms with Gasteiger partial charge in [0.1, 0.15) is 11.9 Å². The molecular formula is C17H13N3O3. The molecule has 23 heavy (non-hydrogen) atoms. The number of nitrogens with zero attached hydrogens (tertiary/aromatic N) is 2. The predicted molar refractivity (Wildman–Crippen MR) is 87.1 cm³/mol. The van der Waals surface area contributed by atoms with Crippen LogP contribution in [0.15, 0.2) is 70.2 Å². The van der Waals surface area contributed by atoms with Gasteiger partial charge in [-0.2, -0.15) is 10.1 Å². The van der Waals surface area contributed by atoms with Gasteiger partial charge in [-0.05, 0) is 0 Å². The molecule has 1 heterocycles. The van der Waals surface area contributed by atoms with Crippen molar-refractivity contribution < 1.29 is 14.3 Å². The molecule has 0 saturated carbocycles. The molecule has 6 nitrogen and oxygen atoms in total. The zero-order chi connectivity index (χ0) is 16.1. The van der Waals surface area contributed by atoms with Crippen LogP contribution in [0.25, 0.3) is 22.6 Å². The van der Waals surface area contributed by atoms with Crippen molar-refractivity contribution in [2.75, 3.05) is 5.43 Å². The third-order valence-corrected chi connectivity index (χ3v) is 3.05. The van der Waals surface area contributed by atoms with Crippen molar-refractivity contribution in [3.63, 3.8) is 0 Å². The molecule has 0 spiro atoms. The van der Waals surface area contributed by atoms with Gasteiger partial charge in [0.15, 0.2) is 5.76 Å². The molecule has 0 unspecified atom stereocenters. The highest BCUT2D eigenvalue weighted by Gasteiger charge is 2.16. The van der Waals surface area contributed by atoms with Gasteiger partial charge < -0.3 is 9.52 Å². The number of oxazole rings is 1. The predicted octanol–water partition coefficient (Wildman–Crippen LogP) is 3.49. The molecule has 0 radical (unpaired) electrons. The molecule has 0 bridgehead atoms. The summed E-state index contributed by atoms with van der Waals surface area (Å²) < 4.78 is 5.71. The van der Waals surface area contributed by atoms with Crippen molar-refractivity contribution in [1.29, 1.82) is 0 Å². The van der Waals surface area contributed by atoms with Gasteiger partial charge in [0, 0.05) is 11.1 Å². The van der Waals surface area contributed by atoms with Gasteiger partial charge in [0.2, 0.25) is 0 Å². The fourth-order valence-electron chi connectivity index (χ4n) is 2.09. The topological polar surface area (TPSA) is 87.7 Å². The number of carboxylic acids is 1. The molecule has 6 heteroatoms. The minimum Gasteiger partial charge on any atom is -0.477 e. The van der Waals surface area contributed by atoms with E-state index < -0.39 is 5.97 Å². The number of anilines is 1. The van der Waals surface area contributed by atoms with E-state index in [0.29, 0.717) is 11.5 Å². The van der Waals surface area contributed by atoms with Gasteiger partial charge in [-0.3, -0.25) is 0 Å². The average molecular weight is 307 g/mol. The summed E-state index contributed by atoms with van der Waals surface area (Å²) in [6, 6.07) is 19.3. The standard InChI is InChI=1S/C17H13N3O3/c21-14(22)11-18-20-17-19-15(12-7-3-1-4-8-12)16(23-17)13-9-5-2-6-10-13/h1-11H,(H,19,20)(H,21,22). The van der Waals surface area contributed by atoms with Crippen LogP contribution in [0.3, 0.4) is 0 Å². The maximum atomic E-state index is 10.5. The molecule has 0 aliphatic carbocycles. The number of carboxylic acid groups (broad SMARTS) is 1. The molecule has 0 fully saturated rings. The lowest BCUT2D eigenvalue weighted by Crippen LogP contribution is -1.98. The number of benzene rings is 2. The van der Waals surface area contributed by atoms with Crippen molar-refractivity contribution in [3.05, 3.63) is 60.7 Å². The fraction of sp³-hybridized carbons (Fsp3) is 0. The van der Waals surface area contributed by atoms with E-state index in [0.717, 1.165) is 17.3 Å². The molecule has 3 aromatic rings. The van der Waals surface area contributed by atoms with Crippen LogP contribution in [0, 0.1) is 0 Å². The van der Waals surface area contributed by atoms with Crippen molar-refractivity contribution in [2.45, 2.75) is 0 Å². The number of hydrogen-bond acceptors (Lipinski definition) is 5. The average Bonchev–Trinajstić information content (AvgIpc) is 3.00. The highest BCUT2D eigenvalue weighted by atomic mass is 16.4. The number of nitrogens with one attached hydrogen (secondary N) is 1. The van der Waals surface area contributed by atoms with Gasteiger partial charge >= 0.3 is 12.0 Å². The summed E-state index contributed by atoms with van der Waals surface area (Å²) in [5.74, 6) is -0.569. The van der Waals surface area contributed by atoms with Gasteiger partial charge in [-0.1, -0.05) is 60.7 Å². The van der Waals surface area contributed by atoms with Crippen LogP contribution in [0.2, 0.25) is 0 Å². The summed E-state index contributed by atoms with van der Waals surface area (Å²) in [6.45, 7) is 0. The van der Waals surface area contributed by atoms with Crippen LogP contribution in [-0.4, -0.2) is 22.3 Å². The van der Waals surface area contributed by atoms with Crippen LogP contribution in [0.1, 0.15) is 0 Å². The zero-order valence-electron chi connectivity index (χ0n) is 12.0. The smallest absolute Gasteiger partial charge is 0.348 e. The summed E-state index contributed by atoms with van der Waals surface area (Å²) in [6.07, 6.45) is 0.731. The number of hydrazone groups is 1. The number of aromatic nitrogens is 1. The summed E-state index contributed by atoms with van der Waals surface area (Å²) in [5, 5.41) is 12.1. The maximum Gasteiger partial charge on any atom is 0.348 e. The van der Waals surface area contributed by atoms with E-state index in [1.807, 2.05) is 60.7 Å². The van der Waals surface area contributed by atoms with E-state index in [4.69, 9.17) is 9.52 Å². The lowest BCUT2D eigenvalue weighted by Gasteiger charge is -2.00. The largest absolute Gasteiger partial charge is 0.477 e. The molecule has 2 N–H and O–H groups in total. The summed E-state index contributed by atoms with van der Waals surface area (Å²) in [4.78, 5) is 14.8. The van der Waals surface area contributed by atoms with E-state index >= 15 is 0 Å². The first-order valence-corrected chi connectivity index (χ1v) is 6.88. The van der Waals surface area contributed by atoms with Crippen molar-refractivity contribution in [1.82, 2.24) is 4.98 Å². The molecule has 1 aromatic heterocycles. The maximum absolute atomic E-state index is 10.5. The van der Waals surface area contributed by atoms with Crippen molar-refractivity contribution in [2.24, 2.45) is 5.10 Å². The second-order valence-corrected chi connectivity index (χ2v) is 4.64. The molecule has 0 atom stereocenters. The van der Waals surface area contributed by atoms with E-state index in [1.165, 1.54) is 0 Å². The third kappa shape index (κ3) is 3.44. The van der Waals surface area contributed by atoms with Crippen LogP contribution in [-0.2, 0) is 4.79 Å². The summed E-state index contributed by atoms with van der Waals surface area (Å²) >= 11 is 0. The first-order chi connectivity index (χ1) is 11.2. The first kappa shape index (κ1) is 14.5. The quantitative estimate of drug-likeness (QED) is 0.556. The van der Waals surface area contributed by atoms with Crippen LogP contribution >= 0.6 is 0 Å². The molecule has 2 aromatic carbocycles. The van der Waals surface area contributed by atoms with E-state index in [2.05, 4.69) is 15.5 Å². The number of carbonyl (C=O) groups is 1. The van der Waals surface area contributed by atoms with Gasteiger partial charge in [-0.25, -0.2) is 10.2 Å². The van der Waals surface area contributed by atoms with Crippen LogP contribution in [0.4, 0.5) is 6.01 Å². The molecule has 0 amide bonds. The second kappa shape index (κ2) is 6.57. The Kier molecular flexibility index (Phi) is 4.15. The SMILES string of the molecule is O=C(O)C=NNc1nc(-c2ccccc2)c(-c2ccccc2)o1. The summed E-state index contributed by atoms with van der Waals surface area (Å²) in [5.41, 5.74) is 4.91. The van der Waals surface area contributed by atoms with Crippen molar-refractivity contribution >= 4 is 18.2 Å². The second-order valence-electron chi connectivity index (χ2n) is 4.64. The number of aliphatic carboxylic acids is 1. The Bertz CT molecular complexity index is 770. The molecule has 3 rings (SSSR count). The Labute approximate surface area is 132 Å². The highest BCUT2D eigenvalue weighted by Crippen LogP contribution is 2.34. The van der Waals surface area contributed by atoms with E-state index in [9.17, 15) is 4.79 Å². The monoisotopic (exact) mass is 307 g/mol. The fourth-order valence-corrected chi connectivity index (χ4v) is 2.09. The van der Waals surface area contributed by atoms with Gasteiger partial charge in [-0.15, -0.1) is 0 Å². The van der Waals surface area contributed by atoms with E-state index in [-0.39, 0.29) is 6.01 Å².